The Morgan fingerprint density at radius 1 is 1.15 bits per heavy atom. The van der Waals surface area contributed by atoms with Crippen molar-refractivity contribution in [3.63, 3.8) is 0 Å². The van der Waals surface area contributed by atoms with E-state index >= 15 is 0 Å². The molecular formula is C13H27NO4S2. The maximum absolute atomic E-state index is 12.5. The van der Waals surface area contributed by atoms with E-state index in [1.807, 2.05) is 6.92 Å². The molecule has 7 heteroatoms. The fraction of sp³-hybridized carbons (Fsp3) is 1.00. The molecule has 1 aliphatic rings. The van der Waals surface area contributed by atoms with Gasteiger partial charge >= 0.3 is 0 Å². The SMILES string of the molecule is CCNC1CCC(C)(C)CC1S(=O)(=O)CCS(C)(=O)=O. The Morgan fingerprint density at radius 3 is 2.25 bits per heavy atom. The molecule has 0 aromatic rings. The van der Waals surface area contributed by atoms with E-state index in [-0.39, 0.29) is 23.0 Å². The summed E-state index contributed by atoms with van der Waals surface area (Å²) in [5.41, 5.74) is -0.00521. The minimum Gasteiger partial charge on any atom is -0.313 e. The van der Waals surface area contributed by atoms with Gasteiger partial charge in [0.05, 0.1) is 16.8 Å². The van der Waals surface area contributed by atoms with E-state index in [0.717, 1.165) is 25.6 Å². The van der Waals surface area contributed by atoms with Crippen LogP contribution < -0.4 is 5.32 Å². The second kappa shape index (κ2) is 6.32. The lowest BCUT2D eigenvalue weighted by Crippen LogP contribution is -2.50. The lowest BCUT2D eigenvalue weighted by Gasteiger charge is -2.40. The molecule has 0 aliphatic heterocycles. The second-order valence-electron chi connectivity index (χ2n) is 6.61. The summed E-state index contributed by atoms with van der Waals surface area (Å²) < 4.78 is 47.4. The molecule has 2 unspecified atom stereocenters. The summed E-state index contributed by atoms with van der Waals surface area (Å²) in [5, 5.41) is 2.77. The molecule has 0 amide bonds. The van der Waals surface area contributed by atoms with Crippen molar-refractivity contribution in [1.82, 2.24) is 5.32 Å². The van der Waals surface area contributed by atoms with Gasteiger partial charge in [0.25, 0.3) is 0 Å². The van der Waals surface area contributed by atoms with Crippen LogP contribution >= 0.6 is 0 Å². The van der Waals surface area contributed by atoms with Gasteiger partial charge in [-0.1, -0.05) is 20.8 Å². The first-order valence-corrected chi connectivity index (χ1v) is 10.9. The number of sulfone groups is 2. The molecule has 0 radical (unpaired) electrons. The van der Waals surface area contributed by atoms with Crippen molar-refractivity contribution in [3.8, 4) is 0 Å². The summed E-state index contributed by atoms with van der Waals surface area (Å²) in [5.74, 6) is -0.556. The van der Waals surface area contributed by atoms with Gasteiger partial charge in [0.2, 0.25) is 0 Å². The van der Waals surface area contributed by atoms with Crippen LogP contribution in [0.3, 0.4) is 0 Å². The number of nitrogens with one attached hydrogen (secondary N) is 1. The summed E-state index contributed by atoms with van der Waals surface area (Å²) in [6, 6.07) is -0.0578. The maximum Gasteiger partial charge on any atom is 0.155 e. The van der Waals surface area contributed by atoms with Gasteiger partial charge in [-0.2, -0.15) is 0 Å². The van der Waals surface area contributed by atoms with Crippen molar-refractivity contribution < 1.29 is 16.8 Å². The highest BCUT2D eigenvalue weighted by Gasteiger charge is 2.41. The van der Waals surface area contributed by atoms with Crippen molar-refractivity contribution in [2.45, 2.75) is 51.3 Å². The average Bonchev–Trinajstić information content (AvgIpc) is 2.28. The van der Waals surface area contributed by atoms with Crippen LogP contribution in [-0.2, 0) is 19.7 Å². The predicted molar refractivity (Wildman–Crippen MR) is 82.4 cm³/mol. The van der Waals surface area contributed by atoms with Crippen LogP contribution in [0.4, 0.5) is 0 Å². The molecule has 0 bridgehead atoms. The summed E-state index contributed by atoms with van der Waals surface area (Å²) in [6.45, 7) is 6.84. The quantitative estimate of drug-likeness (QED) is 0.788. The topological polar surface area (TPSA) is 80.3 Å². The molecule has 1 aliphatic carbocycles. The maximum atomic E-state index is 12.5. The average molecular weight is 325 g/mol. The largest absolute Gasteiger partial charge is 0.313 e. The Balaban J connectivity index is 2.91. The van der Waals surface area contributed by atoms with E-state index in [1.165, 1.54) is 0 Å². The van der Waals surface area contributed by atoms with E-state index in [1.54, 1.807) is 0 Å². The van der Waals surface area contributed by atoms with Gasteiger partial charge in [-0.15, -0.1) is 0 Å². The Hall–Kier alpha value is -0.140. The van der Waals surface area contributed by atoms with E-state index < -0.39 is 24.9 Å². The lowest BCUT2D eigenvalue weighted by molar-refractivity contribution is 0.210. The Kier molecular flexibility index (Phi) is 5.66. The third-order valence-electron chi connectivity index (χ3n) is 4.00. The molecule has 0 aromatic carbocycles. The third kappa shape index (κ3) is 5.33. The van der Waals surface area contributed by atoms with Gasteiger partial charge in [-0.05, 0) is 31.2 Å². The summed E-state index contributed by atoms with van der Waals surface area (Å²) in [6.07, 6.45) is 3.48. The van der Waals surface area contributed by atoms with E-state index in [2.05, 4.69) is 19.2 Å². The molecule has 20 heavy (non-hydrogen) atoms. The van der Waals surface area contributed by atoms with Crippen molar-refractivity contribution in [2.75, 3.05) is 24.3 Å². The van der Waals surface area contributed by atoms with Crippen LogP contribution in [0.15, 0.2) is 0 Å². The van der Waals surface area contributed by atoms with Crippen LogP contribution in [0.1, 0.15) is 40.0 Å². The third-order valence-corrected chi connectivity index (χ3v) is 7.40. The zero-order valence-electron chi connectivity index (χ0n) is 12.8. The molecule has 5 nitrogen and oxygen atoms in total. The first kappa shape index (κ1) is 17.9. The van der Waals surface area contributed by atoms with Crippen LogP contribution in [0.5, 0.6) is 0 Å². The van der Waals surface area contributed by atoms with E-state index in [9.17, 15) is 16.8 Å². The first-order chi connectivity index (χ1) is 8.97. The molecule has 0 spiro atoms. The molecule has 1 rings (SSSR count). The zero-order chi connectivity index (χ0) is 15.6. The standard InChI is InChI=1S/C13H27NO4S2/c1-5-14-11-6-7-13(2,3)10-12(11)20(17,18)9-8-19(4,15)16/h11-12,14H,5-10H2,1-4H3. The fourth-order valence-electron chi connectivity index (χ4n) is 2.81. The first-order valence-electron chi connectivity index (χ1n) is 7.09. The lowest BCUT2D eigenvalue weighted by atomic mass is 9.75. The highest BCUT2D eigenvalue weighted by atomic mass is 32.2. The molecule has 0 aromatic heterocycles. The molecule has 1 N–H and O–H groups in total. The second-order valence-corrected chi connectivity index (χ2v) is 11.2. The van der Waals surface area contributed by atoms with Crippen LogP contribution in [0, 0.1) is 5.41 Å². The summed E-state index contributed by atoms with van der Waals surface area (Å²) in [7, 11) is -6.65. The Morgan fingerprint density at radius 2 is 1.75 bits per heavy atom. The van der Waals surface area contributed by atoms with Gasteiger partial charge < -0.3 is 5.32 Å². The van der Waals surface area contributed by atoms with Gasteiger partial charge in [0, 0.05) is 12.3 Å². The van der Waals surface area contributed by atoms with Crippen LogP contribution in [-0.4, -0.2) is 52.4 Å². The molecule has 2 atom stereocenters. The molecule has 0 heterocycles. The molecule has 0 saturated heterocycles. The number of hydrogen-bond donors (Lipinski definition) is 1. The smallest absolute Gasteiger partial charge is 0.155 e. The number of hydrogen-bond acceptors (Lipinski definition) is 5. The van der Waals surface area contributed by atoms with Crippen molar-refractivity contribution in [2.24, 2.45) is 5.41 Å². The Labute approximate surface area is 123 Å². The zero-order valence-corrected chi connectivity index (χ0v) is 14.5. The van der Waals surface area contributed by atoms with Gasteiger partial charge in [-0.25, -0.2) is 16.8 Å². The minimum absolute atomic E-state index is 0.00521. The van der Waals surface area contributed by atoms with Crippen LogP contribution in [0.2, 0.25) is 0 Å². The normalized spacial score (nSPS) is 27.4. The highest BCUT2D eigenvalue weighted by Crippen LogP contribution is 2.38. The van der Waals surface area contributed by atoms with E-state index in [0.29, 0.717) is 6.42 Å². The van der Waals surface area contributed by atoms with Crippen molar-refractivity contribution in [1.29, 1.82) is 0 Å². The summed E-state index contributed by atoms with van der Waals surface area (Å²) >= 11 is 0. The molecule has 1 fully saturated rings. The molecular weight excluding hydrogens is 298 g/mol. The fourth-order valence-corrected chi connectivity index (χ4v) is 6.69. The van der Waals surface area contributed by atoms with Crippen molar-refractivity contribution in [3.05, 3.63) is 0 Å². The number of rotatable bonds is 6. The monoisotopic (exact) mass is 325 g/mol. The minimum atomic E-state index is -3.40. The van der Waals surface area contributed by atoms with E-state index in [4.69, 9.17) is 0 Å². The predicted octanol–water partition coefficient (Wildman–Crippen LogP) is 1.00. The van der Waals surface area contributed by atoms with Gasteiger partial charge in [0.1, 0.15) is 9.84 Å². The molecule has 1 saturated carbocycles. The Bertz CT molecular complexity index is 523. The van der Waals surface area contributed by atoms with Crippen molar-refractivity contribution >= 4 is 19.7 Å². The van der Waals surface area contributed by atoms with Gasteiger partial charge in [0.15, 0.2) is 9.84 Å². The van der Waals surface area contributed by atoms with Crippen LogP contribution in [0.25, 0.3) is 0 Å². The highest BCUT2D eigenvalue weighted by molar-refractivity contribution is 7.95. The van der Waals surface area contributed by atoms with Gasteiger partial charge in [-0.3, -0.25) is 0 Å². The molecule has 120 valence electrons. The summed E-state index contributed by atoms with van der Waals surface area (Å²) in [4.78, 5) is 0.